The van der Waals surface area contributed by atoms with Gasteiger partial charge in [0.15, 0.2) is 0 Å². The van der Waals surface area contributed by atoms with Crippen LogP contribution in [0.1, 0.15) is 60.6 Å². The second kappa shape index (κ2) is 10.4. The number of rotatable bonds is 6. The van der Waals surface area contributed by atoms with Crippen molar-refractivity contribution in [2.24, 2.45) is 0 Å². The maximum absolute atomic E-state index is 14.9. The molecule has 0 aliphatic carbocycles. The van der Waals surface area contributed by atoms with Crippen molar-refractivity contribution >= 4 is 34.1 Å². The van der Waals surface area contributed by atoms with Crippen LogP contribution in [0.25, 0.3) is 10.8 Å². The third-order valence-electron chi connectivity index (χ3n) is 9.42. The first-order chi connectivity index (χ1) is 20.0. The molecule has 4 aliphatic rings. The number of hydrogen-bond acceptors (Lipinski definition) is 8. The third-order valence-corrected chi connectivity index (χ3v) is 9.42. The van der Waals surface area contributed by atoms with E-state index >= 15 is 0 Å². The van der Waals surface area contributed by atoms with Gasteiger partial charge in [-0.25, -0.2) is 9.37 Å². The van der Waals surface area contributed by atoms with Gasteiger partial charge < -0.3 is 25.0 Å². The molecule has 1 amide bonds. The van der Waals surface area contributed by atoms with E-state index in [9.17, 15) is 14.3 Å². The van der Waals surface area contributed by atoms with Crippen molar-refractivity contribution in [3.8, 4) is 5.75 Å². The molecule has 3 saturated heterocycles. The Morgan fingerprint density at radius 2 is 1.90 bits per heavy atom. The summed E-state index contributed by atoms with van der Waals surface area (Å²) in [4.78, 5) is 30.4. The molecule has 0 spiro atoms. The Kier molecular flexibility index (Phi) is 6.70. The van der Waals surface area contributed by atoms with Crippen molar-refractivity contribution in [1.82, 2.24) is 14.9 Å². The summed E-state index contributed by atoms with van der Waals surface area (Å²) in [7, 11) is 0. The summed E-state index contributed by atoms with van der Waals surface area (Å²) < 4.78 is 20.6. The smallest absolute Gasteiger partial charge is 0.264 e. The molecule has 0 unspecified atom stereocenters. The predicted molar refractivity (Wildman–Crippen MR) is 156 cm³/mol. The number of nitrogens with zero attached hydrogens (tertiary/aromatic N) is 5. The number of phenolic OH excluding ortho intramolecular Hbond substituents is 1. The van der Waals surface area contributed by atoms with Crippen LogP contribution >= 0.6 is 0 Å². The van der Waals surface area contributed by atoms with Crippen molar-refractivity contribution in [3.63, 3.8) is 0 Å². The van der Waals surface area contributed by atoms with Crippen LogP contribution in [-0.2, 0) is 17.7 Å². The predicted octanol–water partition coefficient (Wildman–Crippen LogP) is 4.46. The molecule has 5 heterocycles. The number of aromatic nitrogens is 2. The Morgan fingerprint density at radius 3 is 2.71 bits per heavy atom. The van der Waals surface area contributed by atoms with Crippen LogP contribution in [0.3, 0.4) is 0 Å². The Hall–Kier alpha value is -3.50. The number of amides is 1. The average molecular weight is 561 g/mol. The van der Waals surface area contributed by atoms with Crippen LogP contribution in [0.4, 0.5) is 21.8 Å². The van der Waals surface area contributed by atoms with Crippen LogP contribution in [0, 0.1) is 5.82 Å². The van der Waals surface area contributed by atoms with Crippen molar-refractivity contribution < 1.29 is 19.0 Å². The Balaban J connectivity index is 1.30. The summed E-state index contributed by atoms with van der Waals surface area (Å²) in [5.74, 6) is 0.628. The van der Waals surface area contributed by atoms with E-state index in [0.29, 0.717) is 71.2 Å². The van der Waals surface area contributed by atoms with Gasteiger partial charge in [0.2, 0.25) is 5.95 Å². The number of nitrogens with one attached hydrogen (secondary N) is 1. The zero-order valence-electron chi connectivity index (χ0n) is 23.6. The Bertz CT molecular complexity index is 1500. The molecule has 9 nitrogen and oxygen atoms in total. The van der Waals surface area contributed by atoms with Crippen molar-refractivity contribution in [2.45, 2.75) is 57.5 Å². The fourth-order valence-electron chi connectivity index (χ4n) is 7.44. The van der Waals surface area contributed by atoms with E-state index in [4.69, 9.17) is 14.7 Å². The first-order valence-electron chi connectivity index (χ1n) is 15.0. The first kappa shape index (κ1) is 26.4. The summed E-state index contributed by atoms with van der Waals surface area (Å²) in [6.45, 7) is 7.79. The van der Waals surface area contributed by atoms with Gasteiger partial charge in [-0.15, -0.1) is 0 Å². The minimum atomic E-state index is -0.320. The number of aromatic hydroxyl groups is 1. The summed E-state index contributed by atoms with van der Waals surface area (Å²) in [6, 6.07) is 6.25. The molecule has 3 aromatic rings. The molecule has 0 bridgehead atoms. The molecule has 0 atom stereocenters. The quantitative estimate of drug-likeness (QED) is 0.457. The van der Waals surface area contributed by atoms with Gasteiger partial charge in [-0.3, -0.25) is 9.69 Å². The topological polar surface area (TPSA) is 94.1 Å². The van der Waals surface area contributed by atoms with E-state index in [1.807, 2.05) is 6.92 Å². The van der Waals surface area contributed by atoms with Crippen molar-refractivity contribution in [1.29, 1.82) is 0 Å². The standard InChI is InChI=1S/C31H37FN6O3/c1-2-22-23(32)7-6-20-16-21(39)17-25(26(20)22)38-18-24-27(29(38)40)28(36-10-5-14-41-15-13-36)35-30(34-24)33-19-31-8-3-11-37(31)12-4-9-31/h6-7,16-17,39H,2-5,8-15,18-19H2,1H3,(H,33,34,35). The summed E-state index contributed by atoms with van der Waals surface area (Å²) in [5.41, 5.74) is 2.29. The molecule has 216 valence electrons. The van der Waals surface area contributed by atoms with Crippen LogP contribution < -0.4 is 15.1 Å². The fraction of sp³-hybridized carbons (Fsp3) is 0.516. The van der Waals surface area contributed by atoms with Gasteiger partial charge in [0, 0.05) is 43.2 Å². The highest BCUT2D eigenvalue weighted by molar-refractivity contribution is 6.16. The number of carbonyl (C=O) groups is 1. The van der Waals surface area contributed by atoms with E-state index in [2.05, 4.69) is 15.1 Å². The fourth-order valence-corrected chi connectivity index (χ4v) is 7.44. The lowest BCUT2D eigenvalue weighted by atomic mass is 9.94. The number of ether oxygens (including phenoxy) is 1. The van der Waals surface area contributed by atoms with E-state index in [-0.39, 0.29) is 29.6 Å². The lowest BCUT2D eigenvalue weighted by Crippen LogP contribution is -2.44. The highest BCUT2D eigenvalue weighted by Gasteiger charge is 2.44. The highest BCUT2D eigenvalue weighted by atomic mass is 19.1. The Labute approximate surface area is 239 Å². The van der Waals surface area contributed by atoms with Crippen LogP contribution in [-0.4, -0.2) is 77.4 Å². The molecule has 0 saturated carbocycles. The third kappa shape index (κ3) is 4.48. The molecule has 2 aromatic carbocycles. The first-order valence-corrected chi connectivity index (χ1v) is 15.0. The van der Waals surface area contributed by atoms with E-state index in [1.165, 1.54) is 31.7 Å². The van der Waals surface area contributed by atoms with Crippen LogP contribution in [0.15, 0.2) is 24.3 Å². The number of phenols is 1. The average Bonchev–Trinajstić information content (AvgIpc) is 3.56. The molecule has 41 heavy (non-hydrogen) atoms. The molecule has 0 radical (unpaired) electrons. The number of anilines is 3. The van der Waals surface area contributed by atoms with Gasteiger partial charge in [0.25, 0.3) is 5.91 Å². The maximum atomic E-state index is 14.9. The lowest BCUT2D eigenvalue weighted by molar-refractivity contribution is 0.0997. The molecule has 1 aromatic heterocycles. The molecule has 4 aliphatic heterocycles. The van der Waals surface area contributed by atoms with Gasteiger partial charge in [0.1, 0.15) is 22.9 Å². The van der Waals surface area contributed by atoms with Gasteiger partial charge in [-0.05, 0) is 74.7 Å². The molecular weight excluding hydrogens is 523 g/mol. The van der Waals surface area contributed by atoms with Crippen LogP contribution in [0.2, 0.25) is 0 Å². The van der Waals surface area contributed by atoms with Crippen LogP contribution in [0.5, 0.6) is 5.75 Å². The minimum Gasteiger partial charge on any atom is -0.508 e. The zero-order chi connectivity index (χ0) is 28.1. The second-order valence-electron chi connectivity index (χ2n) is 11.8. The molecule has 10 heteroatoms. The number of carbonyl (C=O) groups excluding carboxylic acids is 1. The van der Waals surface area contributed by atoms with Crippen molar-refractivity contribution in [2.75, 3.05) is 61.1 Å². The molecule has 3 fully saturated rings. The summed E-state index contributed by atoms with van der Waals surface area (Å²) in [6.07, 6.45) is 6.08. The number of aryl methyl sites for hydroxylation is 1. The highest BCUT2D eigenvalue weighted by Crippen LogP contribution is 2.42. The largest absolute Gasteiger partial charge is 0.508 e. The maximum Gasteiger partial charge on any atom is 0.264 e. The summed E-state index contributed by atoms with van der Waals surface area (Å²) in [5, 5.41) is 15.5. The number of benzene rings is 2. The van der Waals surface area contributed by atoms with Gasteiger partial charge in [-0.2, -0.15) is 4.98 Å². The molecular formula is C31H37FN6O3. The lowest BCUT2D eigenvalue weighted by Gasteiger charge is -2.32. The number of hydrogen-bond donors (Lipinski definition) is 2. The van der Waals surface area contributed by atoms with Gasteiger partial charge >= 0.3 is 0 Å². The van der Waals surface area contributed by atoms with Gasteiger partial charge in [-0.1, -0.05) is 13.0 Å². The molecule has 7 rings (SSSR count). The molecule has 2 N–H and O–H groups in total. The number of halogens is 1. The zero-order valence-corrected chi connectivity index (χ0v) is 23.6. The minimum absolute atomic E-state index is 0.0279. The SMILES string of the molecule is CCc1c(F)ccc2cc(O)cc(N3Cc4nc(NCC56CCCN5CCC6)nc(N5CCCOCC5)c4C3=O)c12. The number of fused-ring (bicyclic) bond motifs is 3. The monoisotopic (exact) mass is 560 g/mol. The second-order valence-corrected chi connectivity index (χ2v) is 11.8. The van der Waals surface area contributed by atoms with E-state index < -0.39 is 0 Å². The normalized spacial score (nSPS) is 20.5. The van der Waals surface area contributed by atoms with E-state index in [0.717, 1.165) is 32.6 Å². The van der Waals surface area contributed by atoms with Gasteiger partial charge in [0.05, 0.1) is 24.5 Å². The van der Waals surface area contributed by atoms with E-state index in [1.54, 1.807) is 23.1 Å². The Morgan fingerprint density at radius 1 is 1.07 bits per heavy atom. The van der Waals surface area contributed by atoms with Crippen molar-refractivity contribution in [3.05, 3.63) is 46.9 Å². The summed E-state index contributed by atoms with van der Waals surface area (Å²) >= 11 is 0.